The molecule has 8 nitrogen and oxygen atoms in total. The van der Waals surface area contributed by atoms with Crippen LogP contribution in [0.5, 0.6) is 5.75 Å². The number of carbonyl (C=O) groups excluding carboxylic acids is 1. The smallest absolute Gasteiger partial charge is 0.335 e. The van der Waals surface area contributed by atoms with Crippen LogP contribution in [0.3, 0.4) is 0 Å². The van der Waals surface area contributed by atoms with E-state index in [0.717, 1.165) is 16.2 Å². The number of hydrogen-bond acceptors (Lipinski definition) is 8. The maximum absolute atomic E-state index is 11.7. The molecule has 0 amide bonds. The van der Waals surface area contributed by atoms with Crippen molar-refractivity contribution in [3.05, 3.63) is 52.5 Å². The number of hydrogen-bond donors (Lipinski definition) is 1. The number of carbonyl (C=O) groups is 1. The van der Waals surface area contributed by atoms with Crippen molar-refractivity contribution in [3.63, 3.8) is 0 Å². The minimum atomic E-state index is -0.468. The van der Waals surface area contributed by atoms with Crippen LogP contribution >= 0.6 is 11.3 Å². The number of amidine groups is 1. The Morgan fingerprint density at radius 2 is 2.11 bits per heavy atom. The van der Waals surface area contributed by atoms with Crippen molar-refractivity contribution in [3.8, 4) is 17.1 Å². The molecule has 0 radical (unpaired) electrons. The van der Waals surface area contributed by atoms with E-state index >= 15 is 0 Å². The lowest BCUT2D eigenvalue weighted by Crippen LogP contribution is -2.13. The predicted octanol–water partition coefficient (Wildman–Crippen LogP) is 2.99. The van der Waals surface area contributed by atoms with E-state index < -0.39 is 5.97 Å². The molecule has 0 bridgehead atoms. The van der Waals surface area contributed by atoms with Gasteiger partial charge in [0.15, 0.2) is 5.84 Å². The zero-order valence-electron chi connectivity index (χ0n) is 14.6. The molecule has 9 heteroatoms. The van der Waals surface area contributed by atoms with E-state index in [2.05, 4.69) is 15.3 Å². The van der Waals surface area contributed by atoms with Crippen LogP contribution in [0.4, 0.5) is 0 Å². The van der Waals surface area contributed by atoms with Crippen molar-refractivity contribution >= 4 is 23.1 Å². The van der Waals surface area contributed by atoms with Crippen LogP contribution < -0.4 is 10.5 Å². The van der Waals surface area contributed by atoms with Gasteiger partial charge in [0.2, 0.25) is 11.7 Å². The number of oxime groups is 1. The molecule has 0 unspecified atom stereocenters. The highest BCUT2D eigenvalue weighted by Gasteiger charge is 2.11. The third-order valence-corrected chi connectivity index (χ3v) is 4.50. The van der Waals surface area contributed by atoms with E-state index in [0.29, 0.717) is 24.6 Å². The lowest BCUT2D eigenvalue weighted by molar-refractivity contribution is -0.143. The lowest BCUT2D eigenvalue weighted by Gasteiger charge is -1.99. The van der Waals surface area contributed by atoms with Crippen molar-refractivity contribution in [1.82, 2.24) is 10.1 Å². The number of rotatable bonds is 8. The summed E-state index contributed by atoms with van der Waals surface area (Å²) >= 11 is 1.42. The molecular weight excluding hydrogens is 368 g/mol. The molecule has 0 aliphatic heterocycles. The quantitative estimate of drug-likeness (QED) is 0.274. The van der Waals surface area contributed by atoms with Crippen LogP contribution in [0.25, 0.3) is 11.4 Å². The zero-order chi connectivity index (χ0) is 19.1. The van der Waals surface area contributed by atoms with Gasteiger partial charge in [0.25, 0.3) is 0 Å². The molecule has 140 valence electrons. The molecule has 0 fully saturated rings. The van der Waals surface area contributed by atoms with Gasteiger partial charge in [0.05, 0.1) is 12.0 Å². The fourth-order valence-electron chi connectivity index (χ4n) is 2.21. The third-order valence-electron chi connectivity index (χ3n) is 3.61. The Bertz CT molecular complexity index is 904. The van der Waals surface area contributed by atoms with Crippen molar-refractivity contribution < 1.29 is 18.9 Å². The topological polar surface area (TPSA) is 113 Å². The Hall–Kier alpha value is -3.20. The summed E-state index contributed by atoms with van der Waals surface area (Å²) in [5.41, 5.74) is 6.55. The molecule has 27 heavy (non-hydrogen) atoms. The van der Waals surface area contributed by atoms with Gasteiger partial charge in [0, 0.05) is 18.4 Å². The minimum absolute atomic E-state index is 0.168. The molecule has 2 aromatic heterocycles. The van der Waals surface area contributed by atoms with Gasteiger partial charge in [0.1, 0.15) is 5.75 Å². The minimum Gasteiger partial charge on any atom is -0.497 e. The number of aromatic nitrogens is 2. The first-order valence-corrected chi connectivity index (χ1v) is 9.08. The standard InChI is InChI=1S/C18H18N4O4S/c1-24-13-9-7-12(8-10-13)18-20-15(25-22-18)5-2-6-16(23)26-21-17(19)14-4-3-11-27-14/h3-4,7-11H,2,5-6H2,1H3,(H2,19,21). The zero-order valence-corrected chi connectivity index (χ0v) is 15.4. The number of methoxy groups -OCH3 is 1. The number of benzene rings is 1. The second-order valence-corrected chi connectivity index (χ2v) is 6.46. The molecule has 0 saturated heterocycles. The number of ether oxygens (including phenoxy) is 1. The summed E-state index contributed by atoms with van der Waals surface area (Å²) in [7, 11) is 1.61. The van der Waals surface area contributed by atoms with Gasteiger partial charge in [-0.3, -0.25) is 0 Å². The van der Waals surface area contributed by atoms with Gasteiger partial charge in [-0.25, -0.2) is 4.79 Å². The van der Waals surface area contributed by atoms with Crippen LogP contribution in [-0.2, 0) is 16.1 Å². The Morgan fingerprint density at radius 1 is 1.30 bits per heavy atom. The van der Waals surface area contributed by atoms with Gasteiger partial charge in [-0.2, -0.15) is 4.98 Å². The fraction of sp³-hybridized carbons (Fsp3) is 0.222. The Kier molecular flexibility index (Phi) is 6.16. The number of thiophene rings is 1. The average Bonchev–Trinajstić information content (AvgIpc) is 3.38. The Labute approximate surface area is 159 Å². The van der Waals surface area contributed by atoms with E-state index in [4.69, 9.17) is 19.8 Å². The summed E-state index contributed by atoms with van der Waals surface area (Å²) in [5, 5.41) is 9.46. The van der Waals surface area contributed by atoms with E-state index in [1.165, 1.54) is 11.3 Å². The highest BCUT2D eigenvalue weighted by atomic mass is 32.1. The molecular formula is C18H18N4O4S. The van der Waals surface area contributed by atoms with E-state index in [1.54, 1.807) is 13.2 Å². The van der Waals surface area contributed by atoms with Gasteiger partial charge in [-0.1, -0.05) is 16.4 Å². The van der Waals surface area contributed by atoms with Gasteiger partial charge in [-0.05, 0) is 42.1 Å². The molecule has 3 rings (SSSR count). The molecule has 1 aromatic carbocycles. The fourth-order valence-corrected chi connectivity index (χ4v) is 2.83. The van der Waals surface area contributed by atoms with Crippen LogP contribution in [0.2, 0.25) is 0 Å². The summed E-state index contributed by atoms with van der Waals surface area (Å²) < 4.78 is 10.3. The van der Waals surface area contributed by atoms with Gasteiger partial charge in [-0.15, -0.1) is 11.3 Å². The van der Waals surface area contributed by atoms with E-state index in [9.17, 15) is 4.79 Å². The Balaban J connectivity index is 1.45. The summed E-state index contributed by atoms with van der Waals surface area (Å²) in [4.78, 5) is 21.6. The highest BCUT2D eigenvalue weighted by molar-refractivity contribution is 7.12. The first-order valence-electron chi connectivity index (χ1n) is 8.20. The predicted molar refractivity (Wildman–Crippen MR) is 100 cm³/mol. The van der Waals surface area contributed by atoms with Crippen molar-refractivity contribution in [1.29, 1.82) is 0 Å². The summed E-state index contributed by atoms with van der Waals surface area (Å²) in [6, 6.07) is 11.0. The SMILES string of the molecule is COc1ccc(-c2noc(CCCC(=O)O/N=C(/N)c3cccs3)n2)cc1. The maximum Gasteiger partial charge on any atom is 0.335 e. The molecule has 3 aromatic rings. The average molecular weight is 386 g/mol. The first kappa shape index (κ1) is 18.6. The lowest BCUT2D eigenvalue weighted by atomic mass is 10.2. The maximum atomic E-state index is 11.7. The molecule has 0 saturated carbocycles. The van der Waals surface area contributed by atoms with Crippen molar-refractivity contribution in [2.45, 2.75) is 19.3 Å². The monoisotopic (exact) mass is 386 g/mol. The van der Waals surface area contributed by atoms with Crippen molar-refractivity contribution in [2.75, 3.05) is 7.11 Å². The molecule has 0 aliphatic carbocycles. The highest BCUT2D eigenvalue weighted by Crippen LogP contribution is 2.20. The normalized spacial score (nSPS) is 11.4. The van der Waals surface area contributed by atoms with Gasteiger partial charge < -0.3 is 19.8 Å². The van der Waals surface area contributed by atoms with Crippen LogP contribution in [-0.4, -0.2) is 29.1 Å². The molecule has 2 N–H and O–H groups in total. The summed E-state index contributed by atoms with van der Waals surface area (Å²) in [6.07, 6.45) is 1.13. The third kappa shape index (κ3) is 5.14. The van der Waals surface area contributed by atoms with Crippen LogP contribution in [0.1, 0.15) is 23.6 Å². The molecule has 0 spiro atoms. The van der Waals surface area contributed by atoms with Gasteiger partial charge >= 0.3 is 5.97 Å². The first-order chi connectivity index (χ1) is 13.2. The Morgan fingerprint density at radius 3 is 2.81 bits per heavy atom. The second kappa shape index (κ2) is 8.95. The summed E-state index contributed by atoms with van der Waals surface area (Å²) in [5.74, 6) is 1.41. The van der Waals surface area contributed by atoms with Crippen LogP contribution in [0, 0.1) is 0 Å². The number of aryl methyl sites for hydroxylation is 1. The molecule has 2 heterocycles. The summed E-state index contributed by atoms with van der Waals surface area (Å²) in [6.45, 7) is 0. The number of nitrogens with zero attached hydrogens (tertiary/aromatic N) is 3. The second-order valence-electron chi connectivity index (χ2n) is 5.51. The van der Waals surface area contributed by atoms with E-state index in [-0.39, 0.29) is 12.3 Å². The molecule has 0 aliphatic rings. The largest absolute Gasteiger partial charge is 0.497 e. The van der Waals surface area contributed by atoms with Crippen molar-refractivity contribution in [2.24, 2.45) is 10.9 Å². The van der Waals surface area contributed by atoms with E-state index in [1.807, 2.05) is 35.7 Å². The molecule has 0 atom stereocenters. The number of nitrogens with two attached hydrogens (primary N) is 1. The van der Waals surface area contributed by atoms with Crippen LogP contribution in [0.15, 0.2) is 51.5 Å².